The third-order valence-electron chi connectivity index (χ3n) is 6.00. The van der Waals surface area contributed by atoms with Gasteiger partial charge in [0.2, 0.25) is 9.84 Å². The third-order valence-corrected chi connectivity index (χ3v) is 9.47. The van der Waals surface area contributed by atoms with Gasteiger partial charge in [-0.25, -0.2) is 20.8 Å². The Labute approximate surface area is 201 Å². The number of allylic oxidation sites excluding steroid dienone is 2. The fourth-order valence-corrected chi connectivity index (χ4v) is 6.93. The molecule has 0 radical (unpaired) electrons. The van der Waals surface area contributed by atoms with Crippen LogP contribution in [-0.2, 0) is 26.3 Å². The van der Waals surface area contributed by atoms with Gasteiger partial charge in [-0.05, 0) is 75.6 Å². The molecular formula is C27H27NO4S2. The van der Waals surface area contributed by atoms with Gasteiger partial charge in [-0.3, -0.25) is 0 Å². The molecule has 0 bridgehead atoms. The molecular weight excluding hydrogens is 466 g/mol. The van der Waals surface area contributed by atoms with Gasteiger partial charge >= 0.3 is 0 Å². The summed E-state index contributed by atoms with van der Waals surface area (Å²) in [6.07, 6.45) is 5.58. The quantitative estimate of drug-likeness (QED) is 0.320. The first-order valence-electron chi connectivity index (χ1n) is 11.0. The molecule has 4 rings (SSSR count). The highest BCUT2D eigenvalue weighted by Gasteiger charge is 2.29. The maximum absolute atomic E-state index is 13.8. The lowest BCUT2D eigenvalue weighted by molar-refractivity contribution is 0.588. The predicted molar refractivity (Wildman–Crippen MR) is 136 cm³/mol. The Bertz CT molecular complexity index is 1610. The van der Waals surface area contributed by atoms with Gasteiger partial charge in [0.05, 0.1) is 20.2 Å². The monoisotopic (exact) mass is 493 g/mol. The van der Waals surface area contributed by atoms with Gasteiger partial charge in [-0.15, -0.1) is 0 Å². The van der Waals surface area contributed by atoms with Gasteiger partial charge in [-0.1, -0.05) is 53.6 Å². The van der Waals surface area contributed by atoms with Crippen molar-refractivity contribution in [3.05, 3.63) is 101 Å². The van der Waals surface area contributed by atoms with Crippen molar-refractivity contribution < 1.29 is 16.8 Å². The normalized spacial score (nSPS) is 12.6. The molecule has 0 N–H and O–H groups in total. The maximum Gasteiger partial charge on any atom is 0.268 e. The van der Waals surface area contributed by atoms with Crippen molar-refractivity contribution in [1.29, 1.82) is 0 Å². The largest absolute Gasteiger partial charge is 0.268 e. The third kappa shape index (κ3) is 4.10. The summed E-state index contributed by atoms with van der Waals surface area (Å²) in [5, 5.41) is 0.439. The maximum atomic E-state index is 13.8. The van der Waals surface area contributed by atoms with E-state index in [0.717, 1.165) is 26.2 Å². The lowest BCUT2D eigenvalue weighted by Crippen LogP contribution is -2.12. The first-order valence-corrected chi connectivity index (χ1v) is 13.9. The number of rotatable bonds is 6. The second kappa shape index (κ2) is 8.89. The van der Waals surface area contributed by atoms with Crippen LogP contribution in [0.3, 0.4) is 0 Å². The summed E-state index contributed by atoms with van der Waals surface area (Å²) in [6, 6.07) is 16.7. The zero-order chi connectivity index (χ0) is 24.7. The van der Waals surface area contributed by atoms with Gasteiger partial charge in [0.25, 0.3) is 10.0 Å². The highest BCUT2D eigenvalue weighted by molar-refractivity contribution is 7.92. The summed E-state index contributed by atoms with van der Waals surface area (Å²) >= 11 is 0. The Balaban J connectivity index is 2.09. The van der Waals surface area contributed by atoms with Crippen LogP contribution in [0.2, 0.25) is 0 Å². The molecule has 1 heterocycles. The van der Waals surface area contributed by atoms with E-state index in [1.165, 1.54) is 6.20 Å². The average Bonchev–Trinajstić information content (AvgIpc) is 3.20. The highest BCUT2D eigenvalue weighted by Crippen LogP contribution is 2.36. The number of fused-ring (bicyclic) bond motifs is 1. The smallest absolute Gasteiger partial charge is 0.240 e. The summed E-state index contributed by atoms with van der Waals surface area (Å²) in [7, 11) is -8.01. The van der Waals surface area contributed by atoms with Crippen molar-refractivity contribution in [3.8, 4) is 0 Å². The topological polar surface area (TPSA) is 73.2 Å². The molecule has 4 aromatic rings. The Hall–Kier alpha value is -3.16. The van der Waals surface area contributed by atoms with Crippen molar-refractivity contribution in [3.63, 3.8) is 0 Å². The second-order valence-electron chi connectivity index (χ2n) is 8.45. The molecule has 0 saturated heterocycles. The van der Waals surface area contributed by atoms with Gasteiger partial charge in [0.1, 0.15) is 0 Å². The van der Waals surface area contributed by atoms with E-state index in [0.29, 0.717) is 17.3 Å². The van der Waals surface area contributed by atoms with Crippen molar-refractivity contribution in [2.24, 2.45) is 0 Å². The van der Waals surface area contributed by atoms with E-state index >= 15 is 0 Å². The molecule has 34 heavy (non-hydrogen) atoms. The molecule has 3 aromatic carbocycles. The van der Waals surface area contributed by atoms with E-state index in [2.05, 4.69) is 0 Å². The zero-order valence-electron chi connectivity index (χ0n) is 19.6. The van der Waals surface area contributed by atoms with Gasteiger partial charge < -0.3 is 0 Å². The van der Waals surface area contributed by atoms with Crippen molar-refractivity contribution >= 4 is 30.8 Å². The van der Waals surface area contributed by atoms with Gasteiger partial charge in [-0.2, -0.15) is 0 Å². The molecule has 0 unspecified atom stereocenters. The number of hydrogen-bond donors (Lipinski definition) is 0. The lowest BCUT2D eigenvalue weighted by Gasteiger charge is -2.11. The van der Waals surface area contributed by atoms with Crippen LogP contribution < -0.4 is 0 Å². The molecule has 0 amide bonds. The summed E-state index contributed by atoms with van der Waals surface area (Å²) < 4.78 is 56.0. The molecule has 0 spiro atoms. The van der Waals surface area contributed by atoms with Crippen LogP contribution in [0.1, 0.15) is 29.2 Å². The number of aryl methyl sites for hydroxylation is 3. The summed E-state index contributed by atoms with van der Waals surface area (Å²) in [4.78, 5) is 0.221. The minimum absolute atomic E-state index is 0.00903. The minimum atomic E-state index is -4.03. The molecule has 1 aromatic heterocycles. The lowest BCUT2D eigenvalue weighted by atomic mass is 10.0. The molecule has 0 aliphatic rings. The van der Waals surface area contributed by atoms with E-state index in [1.807, 2.05) is 45.9 Å². The van der Waals surface area contributed by atoms with Crippen LogP contribution in [0.25, 0.3) is 10.9 Å². The average molecular weight is 494 g/mol. The Kier molecular flexibility index (Phi) is 6.27. The molecule has 0 saturated carbocycles. The van der Waals surface area contributed by atoms with Crippen LogP contribution in [0, 0.1) is 20.8 Å². The summed E-state index contributed by atoms with van der Waals surface area (Å²) in [5.74, 6) is 0. The van der Waals surface area contributed by atoms with Crippen molar-refractivity contribution in [2.75, 3.05) is 0 Å². The van der Waals surface area contributed by atoms with Crippen molar-refractivity contribution in [1.82, 2.24) is 3.97 Å². The highest BCUT2D eigenvalue weighted by atomic mass is 32.2. The van der Waals surface area contributed by atoms with Crippen LogP contribution >= 0.6 is 0 Å². The number of sulfone groups is 1. The number of benzene rings is 3. The SMILES string of the molecule is C/C=C\Cc1c(C)ccc2c1c(S(=O)(=O)c1ccc(C)cc1)cn2S(=O)(=O)c1ccc(C)cc1. The molecule has 0 aliphatic carbocycles. The van der Waals surface area contributed by atoms with E-state index in [1.54, 1.807) is 54.6 Å². The zero-order valence-corrected chi connectivity index (χ0v) is 21.2. The molecule has 7 heteroatoms. The first kappa shape index (κ1) is 24.0. The van der Waals surface area contributed by atoms with Crippen LogP contribution in [0.15, 0.2) is 93.7 Å². The summed E-state index contributed by atoms with van der Waals surface area (Å²) in [5.41, 5.74) is 3.91. The van der Waals surface area contributed by atoms with Crippen LogP contribution in [-0.4, -0.2) is 20.8 Å². The number of aromatic nitrogens is 1. The van der Waals surface area contributed by atoms with Gasteiger partial charge in [0, 0.05) is 11.6 Å². The number of nitrogens with zero attached hydrogens (tertiary/aromatic N) is 1. The molecule has 0 atom stereocenters. The Morgan fingerprint density at radius 1 is 0.765 bits per heavy atom. The van der Waals surface area contributed by atoms with Gasteiger partial charge in [0.15, 0.2) is 0 Å². The van der Waals surface area contributed by atoms with Crippen molar-refractivity contribution in [2.45, 2.75) is 48.8 Å². The first-order chi connectivity index (χ1) is 16.1. The number of hydrogen-bond acceptors (Lipinski definition) is 4. The molecule has 176 valence electrons. The fourth-order valence-electron chi connectivity index (χ4n) is 4.01. The standard InChI is InChI=1S/C27H27NO4S2/c1-5-6-7-24-21(4)12-17-25-27(24)26(33(29,30)22-13-8-19(2)9-14-22)18-28(25)34(31,32)23-15-10-20(3)11-16-23/h5-6,8-18H,7H2,1-4H3/b6-5-. The van der Waals surface area contributed by atoms with E-state index in [9.17, 15) is 16.8 Å². The van der Waals surface area contributed by atoms with E-state index in [4.69, 9.17) is 0 Å². The van der Waals surface area contributed by atoms with E-state index < -0.39 is 19.9 Å². The Morgan fingerprint density at radius 3 is 1.88 bits per heavy atom. The van der Waals surface area contributed by atoms with Crippen LogP contribution in [0.4, 0.5) is 0 Å². The second-order valence-corrected chi connectivity index (χ2v) is 12.2. The summed E-state index contributed by atoms with van der Waals surface area (Å²) in [6.45, 7) is 7.57. The van der Waals surface area contributed by atoms with Crippen LogP contribution in [0.5, 0.6) is 0 Å². The molecule has 0 fully saturated rings. The molecule has 5 nitrogen and oxygen atoms in total. The molecule has 0 aliphatic heterocycles. The predicted octanol–water partition coefficient (Wildman–Crippen LogP) is 5.75. The fraction of sp³-hybridized carbons (Fsp3) is 0.185. The van der Waals surface area contributed by atoms with E-state index in [-0.39, 0.29) is 14.7 Å². The minimum Gasteiger partial charge on any atom is -0.240 e. The Morgan fingerprint density at radius 2 is 1.32 bits per heavy atom.